The summed E-state index contributed by atoms with van der Waals surface area (Å²) in [5.74, 6) is 0.332. The van der Waals surface area contributed by atoms with Crippen LogP contribution in [0, 0.1) is 5.41 Å². The van der Waals surface area contributed by atoms with Crippen LogP contribution in [0.15, 0.2) is 0 Å². The van der Waals surface area contributed by atoms with Crippen molar-refractivity contribution < 1.29 is 14.3 Å². The highest BCUT2D eigenvalue weighted by molar-refractivity contribution is 5.86. The zero-order valence-corrected chi connectivity index (χ0v) is 7.76. The molecule has 0 radical (unpaired) electrons. The third-order valence-electron chi connectivity index (χ3n) is 2.43. The highest BCUT2D eigenvalue weighted by atomic mass is 16.7. The first kappa shape index (κ1) is 9.68. The maximum atomic E-state index is 11.4. The molecule has 0 aromatic heterocycles. The highest BCUT2D eigenvalue weighted by Crippen LogP contribution is 2.34. The van der Waals surface area contributed by atoms with Gasteiger partial charge in [-0.2, -0.15) is 0 Å². The standard InChI is InChI=1S/C9H16O3/c1-9(6-12-7-11-2)5-3-4-8(9)10/h3-7H2,1-2H3. The lowest BCUT2D eigenvalue weighted by Gasteiger charge is -2.20. The van der Waals surface area contributed by atoms with Gasteiger partial charge in [-0.1, -0.05) is 6.92 Å². The number of ether oxygens (including phenoxy) is 2. The van der Waals surface area contributed by atoms with Crippen LogP contribution in [0.1, 0.15) is 26.2 Å². The van der Waals surface area contributed by atoms with E-state index >= 15 is 0 Å². The lowest BCUT2D eigenvalue weighted by molar-refractivity contribution is -0.131. The van der Waals surface area contributed by atoms with Gasteiger partial charge in [0.25, 0.3) is 0 Å². The molecular formula is C9H16O3. The van der Waals surface area contributed by atoms with Gasteiger partial charge in [0, 0.05) is 18.9 Å². The Hall–Kier alpha value is -0.410. The molecule has 1 atom stereocenters. The molecule has 3 heteroatoms. The van der Waals surface area contributed by atoms with Gasteiger partial charge in [-0.15, -0.1) is 0 Å². The van der Waals surface area contributed by atoms with Crippen molar-refractivity contribution >= 4 is 5.78 Å². The van der Waals surface area contributed by atoms with Gasteiger partial charge in [0.2, 0.25) is 0 Å². The van der Waals surface area contributed by atoms with E-state index < -0.39 is 0 Å². The van der Waals surface area contributed by atoms with E-state index in [1.165, 1.54) is 0 Å². The normalized spacial score (nSPS) is 29.7. The smallest absolute Gasteiger partial charge is 0.146 e. The van der Waals surface area contributed by atoms with E-state index in [0.717, 1.165) is 12.8 Å². The second-order valence-electron chi connectivity index (χ2n) is 3.59. The van der Waals surface area contributed by atoms with Crippen molar-refractivity contribution in [2.45, 2.75) is 26.2 Å². The van der Waals surface area contributed by atoms with Gasteiger partial charge in [-0.05, 0) is 12.8 Å². The summed E-state index contributed by atoms with van der Waals surface area (Å²) in [5, 5.41) is 0. The summed E-state index contributed by atoms with van der Waals surface area (Å²) in [7, 11) is 1.58. The molecule has 0 amide bonds. The van der Waals surface area contributed by atoms with Crippen molar-refractivity contribution in [3.05, 3.63) is 0 Å². The summed E-state index contributed by atoms with van der Waals surface area (Å²) >= 11 is 0. The highest BCUT2D eigenvalue weighted by Gasteiger charge is 2.37. The van der Waals surface area contributed by atoms with Crippen molar-refractivity contribution in [2.75, 3.05) is 20.5 Å². The van der Waals surface area contributed by atoms with Gasteiger partial charge in [0.05, 0.1) is 6.61 Å². The molecule has 0 aromatic rings. The molecule has 0 spiro atoms. The molecule has 0 bridgehead atoms. The summed E-state index contributed by atoms with van der Waals surface area (Å²) in [6.45, 7) is 2.75. The third kappa shape index (κ3) is 2.05. The molecule has 1 rings (SSSR count). The van der Waals surface area contributed by atoms with E-state index in [2.05, 4.69) is 0 Å². The SMILES string of the molecule is COCOCC1(C)CCCC1=O. The van der Waals surface area contributed by atoms with E-state index in [9.17, 15) is 4.79 Å². The molecule has 1 unspecified atom stereocenters. The van der Waals surface area contributed by atoms with Crippen LogP contribution in [-0.4, -0.2) is 26.3 Å². The second-order valence-corrected chi connectivity index (χ2v) is 3.59. The Bertz CT molecular complexity index is 167. The quantitative estimate of drug-likeness (QED) is 0.474. The topological polar surface area (TPSA) is 35.5 Å². The zero-order chi connectivity index (χ0) is 9.03. The minimum absolute atomic E-state index is 0.238. The van der Waals surface area contributed by atoms with E-state index in [-0.39, 0.29) is 12.2 Å². The van der Waals surface area contributed by atoms with Crippen LogP contribution >= 0.6 is 0 Å². The lowest BCUT2D eigenvalue weighted by Crippen LogP contribution is -2.28. The Balaban J connectivity index is 2.33. The summed E-state index contributed by atoms with van der Waals surface area (Å²) in [4.78, 5) is 11.4. The van der Waals surface area contributed by atoms with E-state index in [0.29, 0.717) is 18.8 Å². The number of rotatable bonds is 4. The Labute approximate surface area is 73.0 Å². The fourth-order valence-electron chi connectivity index (χ4n) is 1.58. The van der Waals surface area contributed by atoms with Gasteiger partial charge in [-0.3, -0.25) is 4.79 Å². The van der Waals surface area contributed by atoms with Crippen molar-refractivity contribution in [3.63, 3.8) is 0 Å². The van der Waals surface area contributed by atoms with Crippen molar-refractivity contribution in [2.24, 2.45) is 5.41 Å². The molecule has 1 fully saturated rings. The Morgan fingerprint density at radius 3 is 2.83 bits per heavy atom. The molecule has 1 saturated carbocycles. The number of methoxy groups -OCH3 is 1. The summed E-state index contributed by atoms with van der Waals surface area (Å²) in [6, 6.07) is 0. The molecule has 0 aliphatic heterocycles. The molecule has 1 aliphatic carbocycles. The first-order valence-electron chi connectivity index (χ1n) is 4.29. The number of hydrogen-bond acceptors (Lipinski definition) is 3. The van der Waals surface area contributed by atoms with E-state index in [1.807, 2.05) is 6.92 Å². The first-order valence-corrected chi connectivity index (χ1v) is 4.29. The predicted octanol–water partition coefficient (Wildman–Crippen LogP) is 1.37. The minimum Gasteiger partial charge on any atom is -0.359 e. The molecule has 0 aromatic carbocycles. The molecule has 1 aliphatic rings. The molecular weight excluding hydrogens is 156 g/mol. The molecule has 0 N–H and O–H groups in total. The molecule has 0 saturated heterocycles. The van der Waals surface area contributed by atoms with Gasteiger partial charge >= 0.3 is 0 Å². The van der Waals surface area contributed by atoms with E-state index in [4.69, 9.17) is 9.47 Å². The molecule has 3 nitrogen and oxygen atoms in total. The van der Waals surface area contributed by atoms with Gasteiger partial charge in [0.15, 0.2) is 0 Å². The lowest BCUT2D eigenvalue weighted by atomic mass is 9.89. The molecule has 70 valence electrons. The monoisotopic (exact) mass is 172 g/mol. The number of carbonyl (C=O) groups is 1. The number of Topliss-reactive ketones (excluding diaryl/α,β-unsaturated/α-hetero) is 1. The predicted molar refractivity (Wildman–Crippen MR) is 44.8 cm³/mol. The maximum absolute atomic E-state index is 11.4. The van der Waals surface area contributed by atoms with Gasteiger partial charge in [0.1, 0.15) is 12.6 Å². The van der Waals surface area contributed by atoms with Crippen LogP contribution in [0.5, 0.6) is 0 Å². The summed E-state index contributed by atoms with van der Waals surface area (Å²) in [6.07, 6.45) is 2.67. The molecule has 12 heavy (non-hydrogen) atoms. The fraction of sp³-hybridized carbons (Fsp3) is 0.889. The van der Waals surface area contributed by atoms with Crippen LogP contribution in [0.4, 0.5) is 0 Å². The number of ketones is 1. The molecule has 0 heterocycles. The number of hydrogen-bond donors (Lipinski definition) is 0. The van der Waals surface area contributed by atoms with Crippen LogP contribution < -0.4 is 0 Å². The fourth-order valence-corrected chi connectivity index (χ4v) is 1.58. The number of carbonyl (C=O) groups excluding carboxylic acids is 1. The van der Waals surface area contributed by atoms with Crippen LogP contribution in [0.2, 0.25) is 0 Å². The minimum atomic E-state index is -0.238. The van der Waals surface area contributed by atoms with Crippen LogP contribution in [-0.2, 0) is 14.3 Å². The third-order valence-corrected chi connectivity index (χ3v) is 2.43. The van der Waals surface area contributed by atoms with Crippen LogP contribution in [0.25, 0.3) is 0 Å². The van der Waals surface area contributed by atoms with Crippen LogP contribution in [0.3, 0.4) is 0 Å². The second kappa shape index (κ2) is 4.01. The Kier molecular flexibility index (Phi) is 3.23. The van der Waals surface area contributed by atoms with Crippen molar-refractivity contribution in [1.29, 1.82) is 0 Å². The maximum Gasteiger partial charge on any atom is 0.146 e. The summed E-state index contributed by atoms with van der Waals surface area (Å²) in [5.41, 5.74) is -0.238. The first-order chi connectivity index (χ1) is 5.69. The van der Waals surface area contributed by atoms with Crippen molar-refractivity contribution in [3.8, 4) is 0 Å². The van der Waals surface area contributed by atoms with Gasteiger partial charge in [-0.25, -0.2) is 0 Å². The zero-order valence-electron chi connectivity index (χ0n) is 7.76. The Morgan fingerprint density at radius 2 is 2.33 bits per heavy atom. The average Bonchev–Trinajstić information content (AvgIpc) is 2.34. The largest absolute Gasteiger partial charge is 0.359 e. The summed E-state index contributed by atoms with van der Waals surface area (Å²) < 4.78 is 9.95. The Morgan fingerprint density at radius 1 is 1.58 bits per heavy atom. The van der Waals surface area contributed by atoms with Crippen molar-refractivity contribution in [1.82, 2.24) is 0 Å². The van der Waals surface area contributed by atoms with Gasteiger partial charge < -0.3 is 9.47 Å². The average molecular weight is 172 g/mol. The van der Waals surface area contributed by atoms with E-state index in [1.54, 1.807) is 7.11 Å².